The van der Waals surface area contributed by atoms with Gasteiger partial charge in [0.15, 0.2) is 0 Å². The van der Waals surface area contributed by atoms with E-state index in [-0.39, 0.29) is 25.3 Å². The van der Waals surface area contributed by atoms with E-state index in [9.17, 15) is 27.6 Å². The van der Waals surface area contributed by atoms with Gasteiger partial charge in [0.25, 0.3) is 5.91 Å². The number of carbonyl (C=O) groups is 4. The van der Waals surface area contributed by atoms with E-state index in [0.717, 1.165) is 47.8 Å². The lowest BCUT2D eigenvalue weighted by Gasteiger charge is -2.37. The lowest BCUT2D eigenvalue weighted by molar-refractivity contribution is -0.141. The number of benzene rings is 1. The Bertz CT molecular complexity index is 2100. The fraction of sp³-hybridized carbons (Fsp3) is 0.634. The highest BCUT2D eigenvalue weighted by molar-refractivity contribution is 7.91. The van der Waals surface area contributed by atoms with Gasteiger partial charge in [-0.3, -0.25) is 19.1 Å². The molecule has 3 aliphatic carbocycles. The second-order valence-electron chi connectivity index (χ2n) is 17.3. The number of sulfonamides is 1. The molecule has 15 heteroatoms. The minimum atomic E-state index is -3.98. The Balaban J connectivity index is 1.15. The number of nitrogens with one attached hydrogen (secondary N) is 3. The molecule has 0 radical (unpaired) electrons. The molecular formula is C41H53N5O9S. The smallest absolute Gasteiger partial charge is 0.408 e. The Labute approximate surface area is 327 Å². The zero-order valence-corrected chi connectivity index (χ0v) is 33.5. The number of aromatic nitrogens is 1. The van der Waals surface area contributed by atoms with Crippen molar-refractivity contribution in [3.63, 3.8) is 0 Å². The topological polar surface area (TPSA) is 182 Å². The number of nitrogens with zero attached hydrogens (tertiary/aromatic N) is 2. The van der Waals surface area contributed by atoms with Gasteiger partial charge in [-0.2, -0.15) is 0 Å². The summed E-state index contributed by atoms with van der Waals surface area (Å²) in [4.78, 5) is 63.0. The predicted octanol–water partition coefficient (Wildman–Crippen LogP) is 4.68. The first-order chi connectivity index (χ1) is 26.7. The Morgan fingerprint density at radius 1 is 1.07 bits per heavy atom. The molecule has 1 aromatic heterocycles. The van der Waals surface area contributed by atoms with E-state index < -0.39 is 73.8 Å². The molecule has 2 aromatic rings. The summed E-state index contributed by atoms with van der Waals surface area (Å²) < 4.78 is 45.7. The van der Waals surface area contributed by atoms with Crippen molar-refractivity contribution in [2.45, 2.75) is 144 Å². The average molecular weight is 792 g/mol. The summed E-state index contributed by atoms with van der Waals surface area (Å²) in [7, 11) is -2.36. The maximum Gasteiger partial charge on any atom is 0.408 e. The largest absolute Gasteiger partial charge is 0.497 e. The number of allylic oxidation sites excluding steroid dienone is 1. The molecule has 56 heavy (non-hydrogen) atoms. The molecule has 14 nitrogen and oxygen atoms in total. The molecule has 0 bridgehead atoms. The molecule has 5 atom stereocenters. The third-order valence-electron chi connectivity index (χ3n) is 12.6. The Morgan fingerprint density at radius 3 is 2.57 bits per heavy atom. The van der Waals surface area contributed by atoms with Gasteiger partial charge in [0.2, 0.25) is 21.8 Å². The molecule has 8 rings (SSSR count). The van der Waals surface area contributed by atoms with E-state index in [1.165, 1.54) is 4.90 Å². The predicted molar refractivity (Wildman–Crippen MR) is 207 cm³/mol. The van der Waals surface area contributed by atoms with Gasteiger partial charge in [-0.05, 0) is 97.1 Å². The van der Waals surface area contributed by atoms with Crippen LogP contribution in [-0.4, -0.2) is 89.8 Å². The van der Waals surface area contributed by atoms with Crippen molar-refractivity contribution < 1.29 is 41.8 Å². The van der Waals surface area contributed by atoms with Gasteiger partial charge in [0.05, 0.1) is 35.7 Å². The second kappa shape index (κ2) is 14.2. The monoisotopic (exact) mass is 791 g/mol. The Morgan fingerprint density at radius 2 is 1.86 bits per heavy atom. The molecule has 3 aliphatic heterocycles. The molecule has 4 heterocycles. The number of amides is 4. The van der Waals surface area contributed by atoms with Crippen LogP contribution >= 0.6 is 0 Å². The summed E-state index contributed by atoms with van der Waals surface area (Å²) in [5.74, 6) is -0.559. The van der Waals surface area contributed by atoms with Crippen LogP contribution in [0.2, 0.25) is 0 Å². The van der Waals surface area contributed by atoms with Crippen LogP contribution in [0.15, 0.2) is 30.4 Å². The van der Waals surface area contributed by atoms with Crippen molar-refractivity contribution in [3.05, 3.63) is 41.6 Å². The van der Waals surface area contributed by atoms with Gasteiger partial charge in [-0.25, -0.2) is 18.2 Å². The van der Waals surface area contributed by atoms with Gasteiger partial charge < -0.3 is 29.7 Å². The van der Waals surface area contributed by atoms with Crippen molar-refractivity contribution in [3.8, 4) is 11.5 Å². The van der Waals surface area contributed by atoms with Crippen LogP contribution in [-0.2, 0) is 35.6 Å². The summed E-state index contributed by atoms with van der Waals surface area (Å²) in [6.07, 6.45) is 10.4. The van der Waals surface area contributed by atoms with Gasteiger partial charge in [-0.1, -0.05) is 25.0 Å². The number of fused-ring (bicyclic) bond motifs is 5. The first kappa shape index (κ1) is 38.5. The number of rotatable bonds is 7. The molecule has 4 amide bonds. The first-order valence-corrected chi connectivity index (χ1v) is 21.7. The summed E-state index contributed by atoms with van der Waals surface area (Å²) in [6.45, 7) is 5.13. The minimum absolute atomic E-state index is 0.0702. The van der Waals surface area contributed by atoms with Crippen LogP contribution in [0.3, 0.4) is 0 Å². The van der Waals surface area contributed by atoms with E-state index >= 15 is 0 Å². The summed E-state index contributed by atoms with van der Waals surface area (Å²) in [5, 5.41) is 6.72. The third-order valence-corrected chi connectivity index (χ3v) is 14.8. The van der Waals surface area contributed by atoms with Crippen molar-refractivity contribution in [2.24, 2.45) is 5.92 Å². The molecule has 1 saturated heterocycles. The number of ether oxygens (including phenoxy) is 3. The number of hydrogen-bond acceptors (Lipinski definition) is 10. The lowest BCUT2D eigenvalue weighted by Crippen LogP contribution is -2.58. The number of hydrogen-bond donors (Lipinski definition) is 3. The molecule has 1 aromatic carbocycles. The SMILES string of the molecule is COc1ccc2c3c(c(C4CC4)nc2c1)OC1(CC3)CC2C(=O)NC3(C(=O)NS(=O)(=O)C4(C)CC4)CC3C=CCCCCCC(NC(=O)OC(C)C)C(=O)N2C1. The van der Waals surface area contributed by atoms with Crippen LogP contribution in [0.5, 0.6) is 11.5 Å². The Kier molecular flexibility index (Phi) is 9.76. The van der Waals surface area contributed by atoms with Crippen molar-refractivity contribution in [1.29, 1.82) is 0 Å². The number of pyridine rings is 1. The van der Waals surface area contributed by atoms with Crippen molar-refractivity contribution >= 4 is 44.7 Å². The molecular weight excluding hydrogens is 739 g/mol. The molecule has 1 spiro atoms. The fourth-order valence-corrected chi connectivity index (χ4v) is 10.0. The van der Waals surface area contributed by atoms with Gasteiger partial charge in [-0.15, -0.1) is 0 Å². The molecule has 302 valence electrons. The van der Waals surface area contributed by atoms with Crippen LogP contribution in [0, 0.1) is 5.92 Å². The van der Waals surface area contributed by atoms with E-state index in [1.807, 2.05) is 30.4 Å². The number of alkyl carbamates (subject to hydrolysis) is 1. The maximum atomic E-state index is 14.8. The molecule has 4 fully saturated rings. The standard InChI is InChI=1S/C41H53N5O9S/c1-24(2)54-38(50)43-30-11-9-7-5-6-8-10-26-21-41(26,37(49)45-56(51,52)39(3)18-19-39)44-35(47)32-22-40(23-46(32)36(30)48)17-16-29-28-15-14-27(53-4)20-31(28)42-33(25-12-13-25)34(29)55-40/h8,10,14-15,20,24-26,30,32H,5-7,9,11-13,16-19,21-23H2,1-4H3,(H,43,50)(H,44,47)(H,45,49). The summed E-state index contributed by atoms with van der Waals surface area (Å²) in [5.41, 5.74) is 0.264. The normalized spacial score (nSPS) is 29.9. The van der Waals surface area contributed by atoms with Crippen LogP contribution in [0.25, 0.3) is 10.9 Å². The number of methoxy groups -OCH3 is 1. The summed E-state index contributed by atoms with van der Waals surface area (Å²) >= 11 is 0. The Hall–Kier alpha value is -4.40. The highest BCUT2D eigenvalue weighted by atomic mass is 32.2. The van der Waals surface area contributed by atoms with E-state index in [2.05, 4.69) is 15.4 Å². The maximum absolute atomic E-state index is 14.8. The van der Waals surface area contributed by atoms with Gasteiger partial charge in [0.1, 0.15) is 34.7 Å². The first-order valence-electron chi connectivity index (χ1n) is 20.2. The van der Waals surface area contributed by atoms with E-state index in [1.54, 1.807) is 27.9 Å². The molecule has 3 saturated carbocycles. The minimum Gasteiger partial charge on any atom is -0.497 e. The van der Waals surface area contributed by atoms with Crippen molar-refractivity contribution in [1.82, 2.24) is 25.2 Å². The van der Waals surface area contributed by atoms with Gasteiger partial charge in [0, 0.05) is 35.3 Å². The van der Waals surface area contributed by atoms with Crippen LogP contribution in [0.4, 0.5) is 4.79 Å². The zero-order valence-electron chi connectivity index (χ0n) is 32.6. The van der Waals surface area contributed by atoms with E-state index in [4.69, 9.17) is 19.2 Å². The van der Waals surface area contributed by atoms with Crippen LogP contribution < -0.4 is 24.8 Å². The number of carbonyl (C=O) groups excluding carboxylic acids is 4. The average Bonchev–Trinajstić information content (AvgIpc) is 4.09. The van der Waals surface area contributed by atoms with E-state index in [0.29, 0.717) is 56.4 Å². The molecule has 5 unspecified atom stereocenters. The van der Waals surface area contributed by atoms with Gasteiger partial charge >= 0.3 is 6.09 Å². The fourth-order valence-electron chi connectivity index (χ4n) is 8.69. The lowest BCUT2D eigenvalue weighted by atomic mass is 9.86. The summed E-state index contributed by atoms with van der Waals surface area (Å²) in [6, 6.07) is 3.78. The molecule has 3 N–H and O–H groups in total. The zero-order chi connectivity index (χ0) is 39.6. The molecule has 6 aliphatic rings. The third kappa shape index (κ3) is 7.20. The van der Waals surface area contributed by atoms with Crippen molar-refractivity contribution in [2.75, 3.05) is 13.7 Å². The van der Waals surface area contributed by atoms with Crippen LogP contribution in [0.1, 0.15) is 115 Å². The number of aryl methyl sites for hydroxylation is 1. The highest BCUT2D eigenvalue weighted by Crippen LogP contribution is 2.52. The second-order valence-corrected chi connectivity index (χ2v) is 19.5. The quantitative estimate of drug-likeness (QED) is 0.333. The highest BCUT2D eigenvalue weighted by Gasteiger charge is 2.64.